The van der Waals surface area contributed by atoms with Gasteiger partial charge in [0.2, 0.25) is 0 Å². The number of hydrogen-bond acceptors (Lipinski definition) is 5. The first kappa shape index (κ1) is 24.2. The molecule has 0 saturated heterocycles. The molecule has 0 fully saturated rings. The number of nitrogens with zero attached hydrogens (tertiary/aromatic N) is 4. The van der Waals surface area contributed by atoms with E-state index < -0.39 is 0 Å². The van der Waals surface area contributed by atoms with Crippen LogP contribution in [0.25, 0.3) is 10.1 Å². The Morgan fingerprint density at radius 2 is 1.83 bits per heavy atom. The zero-order chi connectivity index (χ0) is 25.1. The van der Waals surface area contributed by atoms with Gasteiger partial charge in [0.1, 0.15) is 5.69 Å². The van der Waals surface area contributed by atoms with E-state index in [1.54, 1.807) is 29.3 Å². The van der Waals surface area contributed by atoms with Crippen LogP contribution in [-0.2, 0) is 31.0 Å². The van der Waals surface area contributed by atoms with Gasteiger partial charge in [-0.25, -0.2) is 0 Å². The molecule has 5 aromatic rings. The zero-order valence-corrected chi connectivity index (χ0v) is 21.6. The molecular weight excluding hydrogens is 494 g/mol. The Kier molecular flexibility index (Phi) is 7.18. The highest BCUT2D eigenvalue weighted by molar-refractivity contribution is 7.17. The lowest BCUT2D eigenvalue weighted by Crippen LogP contribution is -2.23. The Hall–Kier alpha value is -3.46. The van der Waals surface area contributed by atoms with E-state index in [1.807, 2.05) is 42.2 Å². The Labute approximate surface area is 218 Å². The first-order valence-electron chi connectivity index (χ1n) is 11.5. The normalized spacial score (nSPS) is 11.3. The number of nitrogens with one attached hydrogen (secondary N) is 1. The average molecular weight is 520 g/mol. The van der Waals surface area contributed by atoms with Gasteiger partial charge in [0, 0.05) is 35.8 Å². The van der Waals surface area contributed by atoms with Crippen LogP contribution in [-0.4, -0.2) is 32.6 Å². The maximum atomic E-state index is 13.1. The molecule has 0 atom stereocenters. The molecule has 1 amide bonds. The minimum Gasteiger partial charge on any atom is -0.378 e. The van der Waals surface area contributed by atoms with Gasteiger partial charge >= 0.3 is 0 Å². The summed E-state index contributed by atoms with van der Waals surface area (Å²) in [5, 5.41) is 15.8. The number of ether oxygens (including phenoxy) is 1. The van der Waals surface area contributed by atoms with E-state index in [9.17, 15) is 4.79 Å². The van der Waals surface area contributed by atoms with Gasteiger partial charge in [-0.05, 0) is 58.1 Å². The molecule has 0 bridgehead atoms. The van der Waals surface area contributed by atoms with E-state index in [0.717, 1.165) is 33.3 Å². The van der Waals surface area contributed by atoms with Crippen molar-refractivity contribution in [3.05, 3.63) is 105 Å². The second-order valence-corrected chi connectivity index (χ2v) is 10.1. The third-order valence-corrected chi connectivity index (χ3v) is 7.14. The maximum Gasteiger partial charge on any atom is 0.255 e. The number of benzene rings is 2. The highest BCUT2D eigenvalue weighted by atomic mass is 35.5. The number of halogens is 1. The van der Waals surface area contributed by atoms with E-state index in [2.05, 4.69) is 45.2 Å². The van der Waals surface area contributed by atoms with E-state index in [-0.39, 0.29) is 12.5 Å². The predicted octanol–water partition coefficient (Wildman–Crippen LogP) is 5.43. The first-order chi connectivity index (χ1) is 17.5. The van der Waals surface area contributed by atoms with Crippen molar-refractivity contribution in [3.63, 3.8) is 0 Å². The molecule has 0 aliphatic rings. The van der Waals surface area contributed by atoms with E-state index in [1.165, 1.54) is 5.56 Å². The number of fused-ring (bicyclic) bond motifs is 1. The number of carbonyl (C=O) groups is 1. The number of methoxy groups -OCH3 is 1. The van der Waals surface area contributed by atoms with Gasteiger partial charge in [0.25, 0.3) is 5.91 Å². The third-order valence-electron chi connectivity index (χ3n) is 5.89. The van der Waals surface area contributed by atoms with Crippen molar-refractivity contribution >= 4 is 38.9 Å². The number of carbonyl (C=O) groups excluding carboxylic acids is 1. The van der Waals surface area contributed by atoms with Gasteiger partial charge in [-0.3, -0.25) is 14.2 Å². The van der Waals surface area contributed by atoms with Gasteiger partial charge in [-0.2, -0.15) is 10.2 Å². The molecule has 9 heteroatoms. The number of aryl methyl sites for hydroxylation is 1. The Bertz CT molecular complexity index is 1500. The van der Waals surface area contributed by atoms with Crippen LogP contribution in [0.1, 0.15) is 38.3 Å². The molecule has 36 heavy (non-hydrogen) atoms. The van der Waals surface area contributed by atoms with Crippen molar-refractivity contribution < 1.29 is 9.53 Å². The van der Waals surface area contributed by atoms with Crippen LogP contribution in [0.5, 0.6) is 0 Å². The molecule has 0 radical (unpaired) electrons. The summed E-state index contributed by atoms with van der Waals surface area (Å²) in [5.41, 5.74) is 5.57. The summed E-state index contributed by atoms with van der Waals surface area (Å²) in [6.07, 6.45) is 5.67. The van der Waals surface area contributed by atoms with Crippen LogP contribution < -0.4 is 5.32 Å². The molecule has 3 heterocycles. The molecule has 184 valence electrons. The van der Waals surface area contributed by atoms with Crippen LogP contribution in [0.15, 0.2) is 66.4 Å². The zero-order valence-electron chi connectivity index (χ0n) is 20.1. The predicted molar refractivity (Wildman–Crippen MR) is 143 cm³/mol. The van der Waals surface area contributed by atoms with Crippen molar-refractivity contribution in [3.8, 4) is 0 Å². The third kappa shape index (κ3) is 5.51. The molecule has 1 N–H and O–H groups in total. The number of rotatable bonds is 9. The van der Waals surface area contributed by atoms with Crippen molar-refractivity contribution in [1.82, 2.24) is 24.9 Å². The SMILES string of the molecule is COCc1nn(Cc2ccc(Cn3cc(C)cn3)cc2)cc1C(=O)NCc1csc2ccc(Cl)cc12. The largest absolute Gasteiger partial charge is 0.378 e. The Morgan fingerprint density at radius 3 is 2.53 bits per heavy atom. The Morgan fingerprint density at radius 1 is 1.08 bits per heavy atom. The second kappa shape index (κ2) is 10.7. The van der Waals surface area contributed by atoms with Gasteiger partial charge in [0.15, 0.2) is 0 Å². The van der Waals surface area contributed by atoms with E-state index in [0.29, 0.717) is 29.4 Å². The van der Waals surface area contributed by atoms with Crippen molar-refractivity contribution in [2.24, 2.45) is 0 Å². The lowest BCUT2D eigenvalue weighted by Gasteiger charge is -2.05. The van der Waals surface area contributed by atoms with Crippen LogP contribution in [0, 0.1) is 6.92 Å². The average Bonchev–Trinajstić information content (AvgIpc) is 3.57. The lowest BCUT2D eigenvalue weighted by atomic mass is 10.1. The quantitative estimate of drug-likeness (QED) is 0.282. The Balaban J connectivity index is 1.27. The van der Waals surface area contributed by atoms with Crippen LogP contribution in [0.4, 0.5) is 0 Å². The van der Waals surface area contributed by atoms with Gasteiger partial charge in [-0.15, -0.1) is 11.3 Å². The second-order valence-electron chi connectivity index (χ2n) is 8.74. The lowest BCUT2D eigenvalue weighted by molar-refractivity contribution is 0.0946. The van der Waals surface area contributed by atoms with Crippen molar-refractivity contribution in [2.75, 3.05) is 7.11 Å². The fourth-order valence-electron chi connectivity index (χ4n) is 4.11. The van der Waals surface area contributed by atoms with Gasteiger partial charge in [-0.1, -0.05) is 35.9 Å². The molecule has 5 rings (SSSR count). The topological polar surface area (TPSA) is 74.0 Å². The van der Waals surface area contributed by atoms with Crippen LogP contribution >= 0.6 is 22.9 Å². The minimum absolute atomic E-state index is 0.181. The van der Waals surface area contributed by atoms with Gasteiger partial charge in [0.05, 0.1) is 31.5 Å². The summed E-state index contributed by atoms with van der Waals surface area (Å²) in [6, 6.07) is 14.2. The first-order valence-corrected chi connectivity index (χ1v) is 12.8. The molecule has 2 aromatic carbocycles. The fraction of sp³-hybridized carbons (Fsp3) is 0.222. The molecule has 0 saturated carbocycles. The smallest absolute Gasteiger partial charge is 0.255 e. The van der Waals surface area contributed by atoms with E-state index in [4.69, 9.17) is 16.3 Å². The van der Waals surface area contributed by atoms with Crippen molar-refractivity contribution in [2.45, 2.75) is 33.2 Å². The molecule has 0 spiro atoms. The summed E-state index contributed by atoms with van der Waals surface area (Å²) in [7, 11) is 1.60. The summed E-state index contributed by atoms with van der Waals surface area (Å²) in [5.74, 6) is -0.181. The van der Waals surface area contributed by atoms with Crippen LogP contribution in [0.3, 0.4) is 0 Å². The number of aromatic nitrogens is 4. The monoisotopic (exact) mass is 519 g/mol. The number of thiophene rings is 1. The van der Waals surface area contributed by atoms with Gasteiger partial charge < -0.3 is 10.1 Å². The maximum absolute atomic E-state index is 13.1. The molecule has 0 aliphatic carbocycles. The molecule has 0 aliphatic heterocycles. The summed E-state index contributed by atoms with van der Waals surface area (Å²) >= 11 is 7.80. The van der Waals surface area contributed by atoms with E-state index >= 15 is 0 Å². The molecule has 3 aromatic heterocycles. The number of hydrogen-bond donors (Lipinski definition) is 1. The highest BCUT2D eigenvalue weighted by Gasteiger charge is 2.17. The molecule has 7 nitrogen and oxygen atoms in total. The fourth-order valence-corrected chi connectivity index (χ4v) is 5.23. The minimum atomic E-state index is -0.181. The summed E-state index contributed by atoms with van der Waals surface area (Å²) < 4.78 is 10.2. The van der Waals surface area contributed by atoms with Crippen molar-refractivity contribution in [1.29, 1.82) is 0 Å². The standard InChI is InChI=1S/C27H26ClN5O2S/c1-18-10-30-32(12-18)13-19-3-5-20(6-4-19)14-33-15-24(25(31-33)16-35-2)27(34)29-11-21-17-36-26-8-7-22(28)9-23(21)26/h3-10,12,15,17H,11,13-14,16H2,1-2H3,(H,29,34). The van der Waals surface area contributed by atoms with Crippen LogP contribution in [0.2, 0.25) is 5.02 Å². The molecular formula is C27H26ClN5O2S. The summed E-state index contributed by atoms with van der Waals surface area (Å²) in [6.45, 7) is 3.98. The highest BCUT2D eigenvalue weighted by Crippen LogP contribution is 2.28. The number of amides is 1. The molecule has 0 unspecified atom stereocenters. The summed E-state index contributed by atoms with van der Waals surface area (Å²) in [4.78, 5) is 13.1.